The van der Waals surface area contributed by atoms with Gasteiger partial charge < -0.3 is 15.1 Å². The van der Waals surface area contributed by atoms with Gasteiger partial charge in [0.2, 0.25) is 5.89 Å². The Kier molecular flexibility index (Phi) is 7.04. The Hall–Kier alpha value is -0.750. The van der Waals surface area contributed by atoms with Gasteiger partial charge in [-0.25, -0.2) is 0 Å². The second kappa shape index (κ2) is 8.36. The highest BCUT2D eigenvalue weighted by Gasteiger charge is 2.08. The molecule has 0 saturated carbocycles. The SMILES string of the molecule is CCNCc1nnc(NC(C)CCSCC)o1. The zero-order valence-corrected chi connectivity index (χ0v) is 11.6. The normalized spacial score (nSPS) is 12.6. The number of rotatable bonds is 9. The summed E-state index contributed by atoms with van der Waals surface area (Å²) in [6.07, 6.45) is 1.10. The molecule has 0 aliphatic carbocycles. The first-order valence-electron chi connectivity index (χ1n) is 6.13. The predicted molar refractivity (Wildman–Crippen MR) is 72.4 cm³/mol. The smallest absolute Gasteiger partial charge is 0.315 e. The first-order valence-corrected chi connectivity index (χ1v) is 7.29. The molecule has 0 fully saturated rings. The third kappa shape index (κ3) is 5.93. The lowest BCUT2D eigenvalue weighted by molar-refractivity contribution is 0.477. The molecule has 0 aliphatic heterocycles. The second-order valence-electron chi connectivity index (χ2n) is 3.81. The van der Waals surface area contributed by atoms with Crippen LogP contribution >= 0.6 is 11.8 Å². The molecular weight excluding hydrogens is 236 g/mol. The Morgan fingerprint density at radius 2 is 2.18 bits per heavy atom. The van der Waals surface area contributed by atoms with Gasteiger partial charge in [0.1, 0.15) is 0 Å². The summed E-state index contributed by atoms with van der Waals surface area (Å²) in [7, 11) is 0. The van der Waals surface area contributed by atoms with Gasteiger partial charge in [0.25, 0.3) is 0 Å². The van der Waals surface area contributed by atoms with Gasteiger partial charge >= 0.3 is 6.01 Å². The van der Waals surface area contributed by atoms with Gasteiger partial charge in [-0.15, -0.1) is 5.10 Å². The summed E-state index contributed by atoms with van der Waals surface area (Å²) >= 11 is 1.95. The van der Waals surface area contributed by atoms with Crippen molar-refractivity contribution in [3.63, 3.8) is 0 Å². The van der Waals surface area contributed by atoms with E-state index in [2.05, 4.69) is 34.7 Å². The molecule has 5 nitrogen and oxygen atoms in total. The van der Waals surface area contributed by atoms with E-state index in [1.165, 1.54) is 5.75 Å². The third-order valence-electron chi connectivity index (χ3n) is 2.26. The van der Waals surface area contributed by atoms with Crippen LogP contribution in [-0.2, 0) is 6.54 Å². The van der Waals surface area contributed by atoms with Gasteiger partial charge in [-0.3, -0.25) is 0 Å². The molecule has 0 radical (unpaired) electrons. The van der Waals surface area contributed by atoms with Crippen molar-refractivity contribution in [3.05, 3.63) is 5.89 Å². The van der Waals surface area contributed by atoms with E-state index < -0.39 is 0 Å². The van der Waals surface area contributed by atoms with Crippen LogP contribution in [0.4, 0.5) is 6.01 Å². The van der Waals surface area contributed by atoms with Crippen LogP contribution in [0, 0.1) is 0 Å². The number of anilines is 1. The van der Waals surface area contributed by atoms with Gasteiger partial charge in [-0.1, -0.05) is 18.9 Å². The Labute approximate surface area is 107 Å². The molecule has 1 aromatic heterocycles. The van der Waals surface area contributed by atoms with Crippen LogP contribution in [0.3, 0.4) is 0 Å². The molecule has 98 valence electrons. The lowest BCUT2D eigenvalue weighted by atomic mass is 10.3. The van der Waals surface area contributed by atoms with Crippen molar-refractivity contribution in [3.8, 4) is 0 Å². The summed E-state index contributed by atoms with van der Waals surface area (Å²) in [6, 6.07) is 0.883. The Morgan fingerprint density at radius 3 is 2.88 bits per heavy atom. The molecule has 0 spiro atoms. The fourth-order valence-corrected chi connectivity index (χ4v) is 2.11. The molecule has 1 unspecified atom stereocenters. The van der Waals surface area contributed by atoms with E-state index in [4.69, 9.17) is 4.42 Å². The molecule has 0 saturated heterocycles. The van der Waals surface area contributed by atoms with Crippen molar-refractivity contribution in [1.29, 1.82) is 0 Å². The molecule has 2 N–H and O–H groups in total. The van der Waals surface area contributed by atoms with Crippen molar-refractivity contribution in [1.82, 2.24) is 15.5 Å². The maximum Gasteiger partial charge on any atom is 0.315 e. The van der Waals surface area contributed by atoms with Crippen LogP contribution in [0.2, 0.25) is 0 Å². The number of thioether (sulfide) groups is 1. The molecule has 1 aromatic rings. The van der Waals surface area contributed by atoms with Crippen molar-refractivity contribution in [2.24, 2.45) is 0 Å². The molecule has 1 rings (SSSR count). The van der Waals surface area contributed by atoms with E-state index in [-0.39, 0.29) is 0 Å². The predicted octanol–water partition coefficient (Wildman–Crippen LogP) is 2.12. The lowest BCUT2D eigenvalue weighted by Gasteiger charge is -2.10. The number of nitrogens with one attached hydrogen (secondary N) is 2. The fourth-order valence-electron chi connectivity index (χ4n) is 1.30. The zero-order chi connectivity index (χ0) is 12.5. The molecule has 0 aromatic carbocycles. The first kappa shape index (κ1) is 14.3. The van der Waals surface area contributed by atoms with E-state index in [0.29, 0.717) is 24.5 Å². The van der Waals surface area contributed by atoms with E-state index >= 15 is 0 Å². The minimum Gasteiger partial charge on any atom is -0.407 e. The highest BCUT2D eigenvalue weighted by Crippen LogP contribution is 2.10. The summed E-state index contributed by atoms with van der Waals surface area (Å²) in [5.74, 6) is 2.95. The maximum absolute atomic E-state index is 5.46. The van der Waals surface area contributed by atoms with Crippen molar-refractivity contribution < 1.29 is 4.42 Å². The molecule has 17 heavy (non-hydrogen) atoms. The van der Waals surface area contributed by atoms with Crippen LogP contribution in [0.1, 0.15) is 33.1 Å². The summed E-state index contributed by atoms with van der Waals surface area (Å²) in [5, 5.41) is 14.3. The fraction of sp³-hybridized carbons (Fsp3) is 0.818. The van der Waals surface area contributed by atoms with E-state index in [1.807, 2.05) is 18.7 Å². The summed E-state index contributed by atoms with van der Waals surface area (Å²) < 4.78 is 5.46. The quantitative estimate of drug-likeness (QED) is 0.662. The van der Waals surface area contributed by atoms with Gasteiger partial charge in [0.15, 0.2) is 0 Å². The Balaban J connectivity index is 2.27. The summed E-state index contributed by atoms with van der Waals surface area (Å²) in [4.78, 5) is 0. The van der Waals surface area contributed by atoms with E-state index in [9.17, 15) is 0 Å². The van der Waals surface area contributed by atoms with Crippen molar-refractivity contribution >= 4 is 17.8 Å². The maximum atomic E-state index is 5.46. The van der Waals surface area contributed by atoms with Gasteiger partial charge in [-0.05, 0) is 31.4 Å². The first-order chi connectivity index (χ1) is 8.26. The van der Waals surface area contributed by atoms with Crippen LogP contribution in [0.15, 0.2) is 4.42 Å². The Morgan fingerprint density at radius 1 is 1.35 bits per heavy atom. The standard InChI is InChI=1S/C11H22N4OS/c1-4-12-8-10-14-15-11(16-10)13-9(3)6-7-17-5-2/h9,12H,4-8H2,1-3H3,(H,13,15). The largest absolute Gasteiger partial charge is 0.407 e. The van der Waals surface area contributed by atoms with Crippen LogP contribution in [0.5, 0.6) is 0 Å². The number of nitrogens with zero attached hydrogens (tertiary/aromatic N) is 2. The van der Waals surface area contributed by atoms with Gasteiger partial charge in [-0.2, -0.15) is 11.8 Å². The van der Waals surface area contributed by atoms with E-state index in [0.717, 1.165) is 18.7 Å². The highest BCUT2D eigenvalue weighted by molar-refractivity contribution is 7.99. The van der Waals surface area contributed by atoms with Gasteiger partial charge in [0, 0.05) is 6.04 Å². The van der Waals surface area contributed by atoms with Gasteiger partial charge in [0.05, 0.1) is 6.54 Å². The summed E-state index contributed by atoms with van der Waals surface area (Å²) in [6.45, 7) is 7.88. The molecule has 1 atom stereocenters. The third-order valence-corrected chi connectivity index (χ3v) is 3.19. The number of hydrogen-bond acceptors (Lipinski definition) is 6. The molecule has 1 heterocycles. The van der Waals surface area contributed by atoms with Crippen LogP contribution in [-0.4, -0.2) is 34.3 Å². The van der Waals surface area contributed by atoms with E-state index in [1.54, 1.807) is 0 Å². The monoisotopic (exact) mass is 258 g/mol. The number of hydrogen-bond donors (Lipinski definition) is 2. The average Bonchev–Trinajstić information content (AvgIpc) is 2.74. The molecule has 0 aliphatic rings. The molecular formula is C11H22N4OS. The average molecular weight is 258 g/mol. The molecule has 0 bridgehead atoms. The Bertz CT molecular complexity index is 305. The minimum absolute atomic E-state index is 0.362. The van der Waals surface area contributed by atoms with Crippen LogP contribution < -0.4 is 10.6 Å². The topological polar surface area (TPSA) is 63.0 Å². The van der Waals surface area contributed by atoms with Crippen molar-refractivity contribution in [2.75, 3.05) is 23.4 Å². The molecule has 6 heteroatoms. The molecule has 0 amide bonds. The lowest BCUT2D eigenvalue weighted by Crippen LogP contribution is -2.16. The van der Waals surface area contributed by atoms with Crippen LogP contribution in [0.25, 0.3) is 0 Å². The second-order valence-corrected chi connectivity index (χ2v) is 5.21. The highest BCUT2D eigenvalue weighted by atomic mass is 32.2. The van der Waals surface area contributed by atoms with Crippen molar-refractivity contribution in [2.45, 2.75) is 39.8 Å². The minimum atomic E-state index is 0.362. The zero-order valence-electron chi connectivity index (χ0n) is 10.8. The summed E-state index contributed by atoms with van der Waals surface area (Å²) in [5.41, 5.74) is 0. The number of aromatic nitrogens is 2.